The van der Waals surface area contributed by atoms with Gasteiger partial charge >= 0.3 is 0 Å². The van der Waals surface area contributed by atoms with E-state index in [0.29, 0.717) is 9.92 Å². The molecule has 0 aliphatic carbocycles. The molecule has 0 amide bonds. The average molecular weight is 392 g/mol. The van der Waals surface area contributed by atoms with Gasteiger partial charge in [0.15, 0.2) is 0 Å². The topological polar surface area (TPSA) is 54.3 Å². The lowest BCUT2D eigenvalue weighted by molar-refractivity contribution is 0.585. The Morgan fingerprint density at radius 3 is 2.35 bits per heavy atom. The van der Waals surface area contributed by atoms with E-state index in [2.05, 4.69) is 16.3 Å². The second kappa shape index (κ2) is 7.31. The van der Waals surface area contributed by atoms with E-state index in [1.54, 1.807) is 30.3 Å². The van der Waals surface area contributed by atoms with Gasteiger partial charge in [-0.05, 0) is 24.3 Å². The second-order valence-electron chi connectivity index (χ2n) is 6.31. The number of benzene rings is 2. The van der Waals surface area contributed by atoms with Crippen molar-refractivity contribution < 1.29 is 8.42 Å². The highest BCUT2D eigenvalue weighted by Gasteiger charge is 2.24. The molecule has 5 nitrogen and oxygen atoms in total. The third kappa shape index (κ3) is 3.09. The van der Waals surface area contributed by atoms with Crippen LogP contribution >= 0.6 is 12.4 Å². The largest absolute Gasteiger partial charge is 0.367 e. The highest BCUT2D eigenvalue weighted by molar-refractivity contribution is 7.91. The summed E-state index contributed by atoms with van der Waals surface area (Å²) in [5.74, 6) is 0. The van der Waals surface area contributed by atoms with Crippen LogP contribution in [0.3, 0.4) is 0 Å². The molecule has 1 N–H and O–H groups in total. The molecule has 26 heavy (non-hydrogen) atoms. The van der Waals surface area contributed by atoms with Gasteiger partial charge in [-0.25, -0.2) is 8.42 Å². The predicted octanol–water partition coefficient (Wildman–Crippen LogP) is 2.84. The van der Waals surface area contributed by atoms with Crippen LogP contribution in [0.2, 0.25) is 0 Å². The summed E-state index contributed by atoms with van der Waals surface area (Å²) in [6.45, 7) is 3.72. The number of aromatic nitrogens is 1. The molecule has 0 bridgehead atoms. The number of fused-ring (bicyclic) bond motifs is 1. The molecular formula is C19H22ClN3O2S. The van der Waals surface area contributed by atoms with Gasteiger partial charge in [0.2, 0.25) is 9.84 Å². The fraction of sp³-hybridized carbons (Fsp3) is 0.263. The maximum Gasteiger partial charge on any atom is 0.222 e. The molecule has 0 radical (unpaired) electrons. The first-order valence-corrected chi connectivity index (χ1v) is 9.91. The van der Waals surface area contributed by atoms with E-state index in [0.717, 1.165) is 42.8 Å². The van der Waals surface area contributed by atoms with Gasteiger partial charge in [-0.15, -0.1) is 12.4 Å². The van der Waals surface area contributed by atoms with E-state index in [1.807, 2.05) is 29.8 Å². The number of para-hydroxylation sites is 1. The molecule has 3 aromatic rings. The fourth-order valence-corrected chi connectivity index (χ4v) is 5.00. The van der Waals surface area contributed by atoms with Crippen LogP contribution in [0, 0.1) is 0 Å². The van der Waals surface area contributed by atoms with Crippen molar-refractivity contribution in [2.75, 3.05) is 31.1 Å². The van der Waals surface area contributed by atoms with E-state index in [9.17, 15) is 8.42 Å². The van der Waals surface area contributed by atoms with Crippen LogP contribution in [0.15, 0.2) is 64.5 Å². The Morgan fingerprint density at radius 2 is 1.65 bits per heavy atom. The van der Waals surface area contributed by atoms with Gasteiger partial charge in [0.1, 0.15) is 5.03 Å². The first-order valence-electron chi connectivity index (χ1n) is 8.43. The Kier molecular flexibility index (Phi) is 5.27. The molecule has 4 rings (SSSR count). The lowest BCUT2D eigenvalue weighted by Gasteiger charge is -2.30. The van der Waals surface area contributed by atoms with Gasteiger partial charge in [-0.3, -0.25) is 0 Å². The van der Waals surface area contributed by atoms with Crippen LogP contribution in [0.25, 0.3) is 10.9 Å². The zero-order valence-electron chi connectivity index (χ0n) is 14.6. The van der Waals surface area contributed by atoms with E-state index in [-0.39, 0.29) is 12.4 Å². The summed E-state index contributed by atoms with van der Waals surface area (Å²) in [4.78, 5) is 2.64. The standard InChI is InChI=1S/C19H21N3O2S.ClH/c1-21-18(25(23,24)16-7-3-2-4-8-16)14-15-6-5-9-17(19(15)21)22-12-10-20-11-13-22;/h2-9,14,20H,10-13H2,1H3;1H. The Morgan fingerprint density at radius 1 is 0.962 bits per heavy atom. The summed E-state index contributed by atoms with van der Waals surface area (Å²) >= 11 is 0. The van der Waals surface area contributed by atoms with Gasteiger partial charge in [-0.1, -0.05) is 30.3 Å². The van der Waals surface area contributed by atoms with E-state index < -0.39 is 9.84 Å². The number of hydrogen-bond acceptors (Lipinski definition) is 4. The average Bonchev–Trinajstić information content (AvgIpc) is 3.01. The molecule has 1 aliphatic rings. The van der Waals surface area contributed by atoms with Gasteiger partial charge in [-0.2, -0.15) is 0 Å². The SMILES string of the molecule is Cl.Cn1c(S(=O)(=O)c2ccccc2)cc2cccc(N3CCNCC3)c21. The quantitative estimate of drug-likeness (QED) is 0.746. The molecule has 7 heteroatoms. The van der Waals surface area contributed by atoms with Gasteiger partial charge in [0, 0.05) is 38.6 Å². The molecule has 1 saturated heterocycles. The molecule has 0 unspecified atom stereocenters. The molecule has 0 spiro atoms. The van der Waals surface area contributed by atoms with E-state index >= 15 is 0 Å². The third-order valence-electron chi connectivity index (χ3n) is 4.78. The van der Waals surface area contributed by atoms with Gasteiger partial charge < -0.3 is 14.8 Å². The maximum absolute atomic E-state index is 13.1. The fourth-order valence-electron chi connectivity index (χ4n) is 3.51. The van der Waals surface area contributed by atoms with E-state index in [4.69, 9.17) is 0 Å². The van der Waals surface area contributed by atoms with Crippen LogP contribution < -0.4 is 10.2 Å². The maximum atomic E-state index is 13.1. The number of nitrogens with zero attached hydrogens (tertiary/aromatic N) is 2. The van der Waals surface area contributed by atoms with Crippen LogP contribution in [0.5, 0.6) is 0 Å². The minimum absolute atomic E-state index is 0. The lowest BCUT2D eigenvalue weighted by atomic mass is 10.2. The Labute approximate surface area is 159 Å². The minimum atomic E-state index is -3.55. The molecule has 0 saturated carbocycles. The number of rotatable bonds is 3. The second-order valence-corrected chi connectivity index (χ2v) is 8.21. The molecule has 1 fully saturated rings. The first kappa shape index (κ1) is 18.8. The summed E-state index contributed by atoms with van der Waals surface area (Å²) < 4.78 is 27.9. The van der Waals surface area contributed by atoms with Crippen molar-refractivity contribution >= 4 is 38.8 Å². The van der Waals surface area contributed by atoms with E-state index in [1.165, 1.54) is 0 Å². The molecule has 2 aromatic carbocycles. The molecule has 138 valence electrons. The molecule has 1 aromatic heterocycles. The zero-order valence-corrected chi connectivity index (χ0v) is 16.2. The third-order valence-corrected chi connectivity index (χ3v) is 6.61. The molecule has 2 heterocycles. The minimum Gasteiger partial charge on any atom is -0.367 e. The highest BCUT2D eigenvalue weighted by Crippen LogP contribution is 2.33. The molecule has 1 aliphatic heterocycles. The summed E-state index contributed by atoms with van der Waals surface area (Å²) in [7, 11) is -1.71. The highest BCUT2D eigenvalue weighted by atomic mass is 35.5. The van der Waals surface area contributed by atoms with Crippen LogP contribution in [-0.2, 0) is 16.9 Å². The number of nitrogens with one attached hydrogen (secondary N) is 1. The summed E-state index contributed by atoms with van der Waals surface area (Å²) in [5, 5.41) is 4.64. The summed E-state index contributed by atoms with van der Waals surface area (Å²) in [6.07, 6.45) is 0. The monoisotopic (exact) mass is 391 g/mol. The summed E-state index contributed by atoms with van der Waals surface area (Å²) in [5.41, 5.74) is 2.06. The smallest absolute Gasteiger partial charge is 0.222 e. The van der Waals surface area contributed by atoms with Crippen LogP contribution in [-0.4, -0.2) is 39.2 Å². The van der Waals surface area contributed by atoms with Crippen LogP contribution in [0.1, 0.15) is 0 Å². The number of piperazine rings is 1. The van der Waals surface area contributed by atoms with Crippen molar-refractivity contribution in [3.05, 3.63) is 54.6 Å². The van der Waals surface area contributed by atoms with Gasteiger partial charge in [0.25, 0.3) is 0 Å². The number of aryl methyl sites for hydroxylation is 1. The Bertz CT molecular complexity index is 1010. The molecule has 0 atom stereocenters. The zero-order chi connectivity index (χ0) is 17.4. The number of sulfone groups is 1. The number of anilines is 1. The predicted molar refractivity (Wildman–Crippen MR) is 107 cm³/mol. The van der Waals surface area contributed by atoms with Gasteiger partial charge in [0.05, 0.1) is 16.1 Å². The number of halogens is 1. The summed E-state index contributed by atoms with van der Waals surface area (Å²) in [6, 6.07) is 16.4. The Balaban J connectivity index is 0.00000196. The molecular weight excluding hydrogens is 370 g/mol. The first-order chi connectivity index (χ1) is 12.1. The Hall–Kier alpha value is -2.02. The van der Waals surface area contributed by atoms with Crippen molar-refractivity contribution in [1.82, 2.24) is 9.88 Å². The van der Waals surface area contributed by atoms with Crippen molar-refractivity contribution in [2.24, 2.45) is 7.05 Å². The number of hydrogen-bond donors (Lipinski definition) is 1. The van der Waals surface area contributed by atoms with Crippen molar-refractivity contribution in [3.8, 4) is 0 Å². The van der Waals surface area contributed by atoms with Crippen molar-refractivity contribution in [2.45, 2.75) is 9.92 Å². The van der Waals surface area contributed by atoms with Crippen molar-refractivity contribution in [1.29, 1.82) is 0 Å². The normalized spacial score (nSPS) is 15.0. The van der Waals surface area contributed by atoms with Crippen LogP contribution in [0.4, 0.5) is 5.69 Å². The lowest BCUT2D eigenvalue weighted by Crippen LogP contribution is -2.43. The van der Waals surface area contributed by atoms with Crippen molar-refractivity contribution in [3.63, 3.8) is 0 Å².